The predicted molar refractivity (Wildman–Crippen MR) is 80.4 cm³/mol. The zero-order valence-electron chi connectivity index (χ0n) is 11.8. The third kappa shape index (κ3) is 6.50. The number of hydrogen-bond donors (Lipinski definition) is 2. The number of nitrogens with one attached hydrogen (secondary N) is 1. The molecule has 0 aliphatic carbocycles. The van der Waals surface area contributed by atoms with Crippen LogP contribution in [0.2, 0.25) is 0 Å². The number of ether oxygens (including phenoxy) is 1. The van der Waals surface area contributed by atoms with Crippen LogP contribution in [0.1, 0.15) is 25.8 Å². The van der Waals surface area contributed by atoms with Crippen LogP contribution >= 0.6 is 0 Å². The first-order chi connectivity index (χ1) is 9.11. The molecule has 3 N–H and O–H groups in total. The average molecular weight is 261 g/mol. The fourth-order valence-electron chi connectivity index (χ4n) is 1.43. The molecule has 0 aliphatic heterocycles. The van der Waals surface area contributed by atoms with Gasteiger partial charge in [-0.1, -0.05) is 31.2 Å². The quantitative estimate of drug-likeness (QED) is 0.450. The summed E-state index contributed by atoms with van der Waals surface area (Å²) in [6, 6.07) is 7.92. The summed E-state index contributed by atoms with van der Waals surface area (Å²) >= 11 is 0. The Morgan fingerprint density at radius 2 is 2.26 bits per heavy atom. The molecule has 0 atom stereocenters. The summed E-state index contributed by atoms with van der Waals surface area (Å²) in [4.78, 5) is 4.27. The number of hydrogen-bond acceptors (Lipinski definition) is 2. The van der Waals surface area contributed by atoms with Crippen LogP contribution < -0.4 is 15.8 Å². The van der Waals surface area contributed by atoms with Crippen LogP contribution in [0, 0.1) is 0 Å². The molecule has 0 aliphatic rings. The van der Waals surface area contributed by atoms with Crippen molar-refractivity contribution in [3.8, 4) is 5.75 Å². The number of nitrogens with two attached hydrogens (primary N) is 1. The second kappa shape index (κ2) is 8.19. The second-order valence-corrected chi connectivity index (χ2v) is 4.51. The number of benzene rings is 1. The molecule has 0 spiro atoms. The zero-order chi connectivity index (χ0) is 14.1. The van der Waals surface area contributed by atoms with Crippen LogP contribution in [-0.4, -0.2) is 19.1 Å². The third-order valence-corrected chi connectivity index (χ3v) is 2.37. The molecule has 0 aromatic heterocycles. The highest BCUT2D eigenvalue weighted by molar-refractivity contribution is 5.78. The van der Waals surface area contributed by atoms with E-state index in [-0.39, 0.29) is 0 Å². The van der Waals surface area contributed by atoms with Crippen molar-refractivity contribution >= 4 is 5.96 Å². The first kappa shape index (κ1) is 15.1. The van der Waals surface area contributed by atoms with Crippen LogP contribution in [0.15, 0.2) is 41.4 Å². The van der Waals surface area contributed by atoms with Crippen LogP contribution in [0.4, 0.5) is 0 Å². The highest BCUT2D eigenvalue weighted by atomic mass is 16.5. The number of rotatable bonds is 7. The minimum absolute atomic E-state index is 0.433. The van der Waals surface area contributed by atoms with Crippen molar-refractivity contribution in [3.63, 3.8) is 0 Å². The molecule has 0 saturated carbocycles. The van der Waals surface area contributed by atoms with E-state index in [1.54, 1.807) is 0 Å². The van der Waals surface area contributed by atoms with Crippen molar-refractivity contribution < 1.29 is 4.74 Å². The van der Waals surface area contributed by atoms with E-state index in [1.165, 1.54) is 0 Å². The first-order valence-electron chi connectivity index (χ1n) is 6.51. The molecule has 19 heavy (non-hydrogen) atoms. The summed E-state index contributed by atoms with van der Waals surface area (Å²) in [7, 11) is 0. The standard InChI is InChI=1S/C15H23N3O/c1-4-8-19-14-7-5-6-13(9-14)11-18-15(16)17-10-12(2)3/h5-7,9H,2,4,8,10-11H2,1,3H3,(H3,16,17,18). The smallest absolute Gasteiger partial charge is 0.189 e. The Balaban J connectivity index is 2.51. The van der Waals surface area contributed by atoms with Gasteiger partial charge in [-0.05, 0) is 31.0 Å². The van der Waals surface area contributed by atoms with Gasteiger partial charge in [0.05, 0.1) is 13.2 Å². The number of guanidine groups is 1. The SMILES string of the molecule is C=C(C)CNC(N)=NCc1cccc(OCCC)c1. The minimum Gasteiger partial charge on any atom is -0.494 e. The number of nitrogens with zero attached hydrogens (tertiary/aromatic N) is 1. The summed E-state index contributed by atoms with van der Waals surface area (Å²) < 4.78 is 5.57. The van der Waals surface area contributed by atoms with Gasteiger partial charge in [0, 0.05) is 6.54 Å². The molecular formula is C15H23N3O. The van der Waals surface area contributed by atoms with Gasteiger partial charge < -0.3 is 15.8 Å². The Kier molecular flexibility index (Phi) is 6.50. The lowest BCUT2D eigenvalue weighted by molar-refractivity contribution is 0.317. The van der Waals surface area contributed by atoms with E-state index in [2.05, 4.69) is 23.8 Å². The van der Waals surface area contributed by atoms with Gasteiger partial charge >= 0.3 is 0 Å². The van der Waals surface area contributed by atoms with E-state index >= 15 is 0 Å². The van der Waals surface area contributed by atoms with E-state index in [9.17, 15) is 0 Å². The van der Waals surface area contributed by atoms with Crippen molar-refractivity contribution in [1.29, 1.82) is 0 Å². The topological polar surface area (TPSA) is 59.6 Å². The molecule has 1 aromatic carbocycles. The van der Waals surface area contributed by atoms with Crippen molar-refractivity contribution in [2.75, 3.05) is 13.2 Å². The van der Waals surface area contributed by atoms with E-state index in [0.29, 0.717) is 19.0 Å². The summed E-state index contributed by atoms with van der Waals surface area (Å²) in [6.45, 7) is 9.74. The van der Waals surface area contributed by atoms with E-state index in [0.717, 1.165) is 29.9 Å². The maximum Gasteiger partial charge on any atom is 0.189 e. The van der Waals surface area contributed by atoms with Crippen molar-refractivity contribution in [2.45, 2.75) is 26.8 Å². The molecule has 0 radical (unpaired) electrons. The highest BCUT2D eigenvalue weighted by Crippen LogP contribution is 2.14. The lowest BCUT2D eigenvalue weighted by Crippen LogP contribution is -2.32. The summed E-state index contributed by atoms with van der Waals surface area (Å²) in [5.74, 6) is 1.31. The van der Waals surface area contributed by atoms with Gasteiger partial charge in [0.15, 0.2) is 5.96 Å². The molecule has 0 heterocycles. The zero-order valence-corrected chi connectivity index (χ0v) is 11.8. The van der Waals surface area contributed by atoms with Crippen molar-refractivity contribution in [2.24, 2.45) is 10.7 Å². The summed E-state index contributed by atoms with van der Waals surface area (Å²) in [5, 5.41) is 3.00. The maximum absolute atomic E-state index is 5.75. The largest absolute Gasteiger partial charge is 0.494 e. The molecular weight excluding hydrogens is 238 g/mol. The van der Waals surface area contributed by atoms with E-state index < -0.39 is 0 Å². The Hall–Kier alpha value is -1.97. The van der Waals surface area contributed by atoms with Crippen LogP contribution in [-0.2, 0) is 6.54 Å². The molecule has 1 aromatic rings. The van der Waals surface area contributed by atoms with Crippen molar-refractivity contribution in [1.82, 2.24) is 5.32 Å². The Bertz CT molecular complexity index is 441. The third-order valence-electron chi connectivity index (χ3n) is 2.37. The molecule has 0 saturated heterocycles. The van der Waals surface area contributed by atoms with Gasteiger partial charge in [0.2, 0.25) is 0 Å². The average Bonchev–Trinajstić information content (AvgIpc) is 2.41. The van der Waals surface area contributed by atoms with Gasteiger partial charge in [-0.15, -0.1) is 0 Å². The van der Waals surface area contributed by atoms with Gasteiger partial charge in [-0.2, -0.15) is 0 Å². The molecule has 4 heteroatoms. The van der Waals surface area contributed by atoms with Crippen LogP contribution in [0.25, 0.3) is 0 Å². The highest BCUT2D eigenvalue weighted by Gasteiger charge is 1.97. The normalized spacial score (nSPS) is 11.2. The lowest BCUT2D eigenvalue weighted by atomic mass is 10.2. The van der Waals surface area contributed by atoms with Gasteiger partial charge in [0.25, 0.3) is 0 Å². The maximum atomic E-state index is 5.75. The van der Waals surface area contributed by atoms with E-state index in [4.69, 9.17) is 10.5 Å². The van der Waals surface area contributed by atoms with Crippen LogP contribution in [0.5, 0.6) is 5.75 Å². The summed E-state index contributed by atoms with van der Waals surface area (Å²) in [6.07, 6.45) is 1.00. The first-order valence-corrected chi connectivity index (χ1v) is 6.51. The molecule has 0 fully saturated rings. The minimum atomic E-state index is 0.433. The molecule has 1 rings (SSSR count). The monoisotopic (exact) mass is 261 g/mol. The second-order valence-electron chi connectivity index (χ2n) is 4.51. The Labute approximate surface area is 115 Å². The lowest BCUT2D eigenvalue weighted by Gasteiger charge is -2.07. The molecule has 4 nitrogen and oxygen atoms in total. The summed E-state index contributed by atoms with van der Waals surface area (Å²) in [5.41, 5.74) is 7.85. The van der Waals surface area contributed by atoms with Crippen molar-refractivity contribution in [3.05, 3.63) is 42.0 Å². The van der Waals surface area contributed by atoms with Gasteiger partial charge in [0.1, 0.15) is 5.75 Å². The van der Waals surface area contributed by atoms with Gasteiger partial charge in [-0.25, -0.2) is 4.99 Å². The van der Waals surface area contributed by atoms with E-state index in [1.807, 2.05) is 31.2 Å². The fraction of sp³-hybridized carbons (Fsp3) is 0.400. The Morgan fingerprint density at radius 3 is 2.95 bits per heavy atom. The molecule has 0 amide bonds. The predicted octanol–water partition coefficient (Wildman–Crippen LogP) is 2.46. The van der Waals surface area contributed by atoms with Gasteiger partial charge in [-0.3, -0.25) is 0 Å². The van der Waals surface area contributed by atoms with Crippen LogP contribution in [0.3, 0.4) is 0 Å². The fourth-order valence-corrected chi connectivity index (χ4v) is 1.43. The number of aliphatic imine (C=N–C) groups is 1. The molecule has 0 unspecified atom stereocenters. The molecule has 104 valence electrons. The Morgan fingerprint density at radius 1 is 1.47 bits per heavy atom. The molecule has 0 bridgehead atoms.